The quantitative estimate of drug-likeness (QED) is 0.791. The number of benzene rings is 1. The van der Waals surface area contributed by atoms with Crippen molar-refractivity contribution in [3.63, 3.8) is 0 Å². The van der Waals surface area contributed by atoms with Gasteiger partial charge in [0.05, 0.1) is 7.11 Å². The average molecular weight is 292 g/mol. The summed E-state index contributed by atoms with van der Waals surface area (Å²) in [6.07, 6.45) is 0.546. The van der Waals surface area contributed by atoms with Gasteiger partial charge < -0.3 is 15.4 Å². The number of urea groups is 1. The Morgan fingerprint density at radius 2 is 1.81 bits per heavy atom. The number of methoxy groups -OCH3 is 1. The van der Waals surface area contributed by atoms with Gasteiger partial charge in [-0.3, -0.25) is 0 Å². The lowest BCUT2D eigenvalue weighted by Crippen LogP contribution is -2.46. The Bertz CT molecular complexity index is 469. The number of hydrogen-bond donors (Lipinski definition) is 2. The van der Waals surface area contributed by atoms with Crippen molar-refractivity contribution in [2.75, 3.05) is 7.11 Å². The first-order chi connectivity index (χ1) is 9.92. The van der Waals surface area contributed by atoms with Crippen molar-refractivity contribution in [1.82, 2.24) is 10.6 Å². The molecule has 0 unspecified atom stereocenters. The third-order valence-corrected chi connectivity index (χ3v) is 3.07. The van der Waals surface area contributed by atoms with Crippen LogP contribution in [0.5, 0.6) is 0 Å². The van der Waals surface area contributed by atoms with Gasteiger partial charge in [-0.05, 0) is 24.8 Å². The van der Waals surface area contributed by atoms with E-state index >= 15 is 0 Å². The summed E-state index contributed by atoms with van der Waals surface area (Å²) in [6.45, 7) is 6.40. The van der Waals surface area contributed by atoms with E-state index in [4.69, 9.17) is 4.74 Å². The predicted molar refractivity (Wildman–Crippen MR) is 81.8 cm³/mol. The number of esters is 1. The fourth-order valence-electron chi connectivity index (χ4n) is 1.93. The van der Waals surface area contributed by atoms with Crippen LogP contribution >= 0.6 is 0 Å². The summed E-state index contributed by atoms with van der Waals surface area (Å²) in [5.74, 6) is -0.138. The van der Waals surface area contributed by atoms with E-state index in [9.17, 15) is 9.59 Å². The van der Waals surface area contributed by atoms with Crippen molar-refractivity contribution in [2.24, 2.45) is 5.92 Å². The standard InChI is InChI=1S/C16H24N2O3/c1-11(2)9-14(15(19)21-4)18-16(20)17-10-13-7-5-12(3)6-8-13/h5-8,11,14H,9-10H2,1-4H3,(H2,17,18,20)/t14-/m0/s1. The molecule has 0 aliphatic rings. The van der Waals surface area contributed by atoms with E-state index in [0.717, 1.165) is 5.56 Å². The van der Waals surface area contributed by atoms with Gasteiger partial charge in [0, 0.05) is 6.54 Å². The van der Waals surface area contributed by atoms with E-state index in [-0.39, 0.29) is 11.9 Å². The van der Waals surface area contributed by atoms with Crippen LogP contribution in [0.15, 0.2) is 24.3 Å². The van der Waals surface area contributed by atoms with E-state index in [1.54, 1.807) is 0 Å². The SMILES string of the molecule is COC(=O)[C@H](CC(C)C)NC(=O)NCc1ccc(C)cc1. The zero-order chi connectivity index (χ0) is 15.8. The molecule has 0 bridgehead atoms. The minimum Gasteiger partial charge on any atom is -0.467 e. The lowest BCUT2D eigenvalue weighted by molar-refractivity contribution is -0.143. The van der Waals surface area contributed by atoms with Crippen molar-refractivity contribution >= 4 is 12.0 Å². The Kier molecular flexibility index (Phi) is 6.72. The summed E-state index contributed by atoms with van der Waals surface area (Å²) in [5.41, 5.74) is 2.18. The maximum atomic E-state index is 11.9. The molecule has 21 heavy (non-hydrogen) atoms. The maximum Gasteiger partial charge on any atom is 0.328 e. The number of carbonyl (C=O) groups excluding carboxylic acids is 2. The highest BCUT2D eigenvalue weighted by Crippen LogP contribution is 2.06. The highest BCUT2D eigenvalue weighted by molar-refractivity contribution is 5.83. The normalized spacial score (nSPS) is 11.9. The van der Waals surface area contributed by atoms with Gasteiger partial charge in [0.25, 0.3) is 0 Å². The number of carbonyl (C=O) groups is 2. The lowest BCUT2D eigenvalue weighted by atomic mass is 10.0. The second kappa shape index (κ2) is 8.29. The van der Waals surface area contributed by atoms with Gasteiger partial charge in [-0.1, -0.05) is 43.7 Å². The molecule has 1 aromatic carbocycles. The molecule has 1 aromatic rings. The van der Waals surface area contributed by atoms with E-state index in [2.05, 4.69) is 10.6 Å². The molecule has 0 radical (unpaired) electrons. The molecule has 1 atom stereocenters. The molecular weight excluding hydrogens is 268 g/mol. The number of aryl methyl sites for hydroxylation is 1. The molecule has 0 fully saturated rings. The predicted octanol–water partition coefficient (Wildman–Crippen LogP) is 2.38. The smallest absolute Gasteiger partial charge is 0.328 e. The van der Waals surface area contributed by atoms with E-state index in [1.807, 2.05) is 45.0 Å². The monoisotopic (exact) mass is 292 g/mol. The molecule has 0 saturated carbocycles. The fourth-order valence-corrected chi connectivity index (χ4v) is 1.93. The summed E-state index contributed by atoms with van der Waals surface area (Å²) < 4.78 is 4.71. The summed E-state index contributed by atoms with van der Waals surface area (Å²) in [6, 6.07) is 6.92. The van der Waals surface area contributed by atoms with E-state index in [0.29, 0.717) is 13.0 Å². The molecule has 0 aliphatic heterocycles. The number of rotatable bonds is 6. The summed E-state index contributed by atoms with van der Waals surface area (Å²) in [5, 5.41) is 5.40. The fraction of sp³-hybridized carbons (Fsp3) is 0.500. The second-order valence-electron chi connectivity index (χ2n) is 5.52. The van der Waals surface area contributed by atoms with E-state index < -0.39 is 12.0 Å². The van der Waals surface area contributed by atoms with Crippen LogP contribution in [0.25, 0.3) is 0 Å². The summed E-state index contributed by atoms with van der Waals surface area (Å²) >= 11 is 0. The highest BCUT2D eigenvalue weighted by atomic mass is 16.5. The van der Waals surface area contributed by atoms with Gasteiger partial charge in [0.1, 0.15) is 6.04 Å². The molecular formula is C16H24N2O3. The molecule has 5 nitrogen and oxygen atoms in total. The van der Waals surface area contributed by atoms with Crippen molar-refractivity contribution in [3.05, 3.63) is 35.4 Å². The molecule has 1 rings (SSSR count). The number of nitrogens with one attached hydrogen (secondary N) is 2. The van der Waals surface area contributed by atoms with Crippen molar-refractivity contribution < 1.29 is 14.3 Å². The van der Waals surface area contributed by atoms with E-state index in [1.165, 1.54) is 12.7 Å². The minimum absolute atomic E-state index is 0.284. The first-order valence-corrected chi connectivity index (χ1v) is 7.10. The number of hydrogen-bond acceptors (Lipinski definition) is 3. The number of amides is 2. The molecule has 116 valence electrons. The highest BCUT2D eigenvalue weighted by Gasteiger charge is 2.22. The molecule has 0 aromatic heterocycles. The molecule has 5 heteroatoms. The van der Waals surface area contributed by atoms with Crippen LogP contribution in [-0.2, 0) is 16.1 Å². The molecule has 0 aliphatic carbocycles. The van der Waals surface area contributed by atoms with Crippen LogP contribution in [0.1, 0.15) is 31.4 Å². The van der Waals surface area contributed by atoms with Crippen LogP contribution in [-0.4, -0.2) is 25.2 Å². The van der Waals surface area contributed by atoms with Crippen LogP contribution < -0.4 is 10.6 Å². The second-order valence-corrected chi connectivity index (χ2v) is 5.52. The maximum absolute atomic E-state index is 11.9. The average Bonchev–Trinajstić information content (AvgIpc) is 2.44. The summed E-state index contributed by atoms with van der Waals surface area (Å²) in [7, 11) is 1.32. The third-order valence-electron chi connectivity index (χ3n) is 3.07. The lowest BCUT2D eigenvalue weighted by Gasteiger charge is -2.18. The first-order valence-electron chi connectivity index (χ1n) is 7.10. The molecule has 0 saturated heterocycles. The third kappa shape index (κ3) is 6.29. The topological polar surface area (TPSA) is 67.4 Å². The first kappa shape index (κ1) is 17.0. The van der Waals surface area contributed by atoms with Crippen LogP contribution in [0.2, 0.25) is 0 Å². The van der Waals surface area contributed by atoms with Crippen molar-refractivity contribution in [1.29, 1.82) is 0 Å². The zero-order valence-electron chi connectivity index (χ0n) is 13.1. The van der Waals surface area contributed by atoms with Gasteiger partial charge >= 0.3 is 12.0 Å². The Balaban J connectivity index is 2.49. The Labute approximate surface area is 126 Å². The largest absolute Gasteiger partial charge is 0.467 e. The number of ether oxygens (including phenoxy) is 1. The van der Waals surface area contributed by atoms with Crippen molar-refractivity contribution in [3.8, 4) is 0 Å². The Morgan fingerprint density at radius 3 is 2.33 bits per heavy atom. The molecule has 0 spiro atoms. The van der Waals surface area contributed by atoms with Gasteiger partial charge in [-0.25, -0.2) is 9.59 Å². The Morgan fingerprint density at radius 1 is 1.19 bits per heavy atom. The van der Waals surface area contributed by atoms with Crippen LogP contribution in [0, 0.1) is 12.8 Å². The summed E-state index contributed by atoms with van der Waals surface area (Å²) in [4.78, 5) is 23.5. The van der Waals surface area contributed by atoms with Gasteiger partial charge in [0.15, 0.2) is 0 Å². The molecule has 0 heterocycles. The van der Waals surface area contributed by atoms with Gasteiger partial charge in [-0.15, -0.1) is 0 Å². The Hall–Kier alpha value is -2.04. The van der Waals surface area contributed by atoms with Gasteiger partial charge in [0.2, 0.25) is 0 Å². The van der Waals surface area contributed by atoms with Crippen LogP contribution in [0.3, 0.4) is 0 Å². The zero-order valence-corrected chi connectivity index (χ0v) is 13.1. The molecule has 2 amide bonds. The van der Waals surface area contributed by atoms with Crippen LogP contribution in [0.4, 0.5) is 4.79 Å². The molecule has 2 N–H and O–H groups in total. The van der Waals surface area contributed by atoms with Gasteiger partial charge in [-0.2, -0.15) is 0 Å². The van der Waals surface area contributed by atoms with Crippen molar-refractivity contribution in [2.45, 2.75) is 39.8 Å². The minimum atomic E-state index is -0.618.